The maximum Gasteiger partial charge on any atom is 4.00 e. The summed E-state index contributed by atoms with van der Waals surface area (Å²) >= 11 is 0. The van der Waals surface area contributed by atoms with Crippen LogP contribution in [0.5, 0.6) is 23.0 Å². The molecule has 216 valence electrons. The van der Waals surface area contributed by atoms with Crippen LogP contribution in [0.2, 0.25) is 0 Å². The molecule has 0 radical (unpaired) electrons. The molecule has 0 unspecified atom stereocenters. The van der Waals surface area contributed by atoms with E-state index >= 15 is 0 Å². The summed E-state index contributed by atoms with van der Waals surface area (Å²) < 4.78 is 19.6. The quantitative estimate of drug-likeness (QED) is 0.283. The van der Waals surface area contributed by atoms with Crippen LogP contribution in [0.25, 0.3) is 0 Å². The molecule has 4 rings (SSSR count). The summed E-state index contributed by atoms with van der Waals surface area (Å²) in [5.74, 6) is 3.16. The van der Waals surface area contributed by atoms with Crippen LogP contribution in [-0.4, -0.2) is 28.4 Å². The molecule has 4 aromatic carbocycles. The fourth-order valence-electron chi connectivity index (χ4n) is 2.89. The third-order valence-corrected chi connectivity index (χ3v) is 5.30. The minimum Gasteiger partial charge on any atom is -0.851 e. The molecule has 0 spiro atoms. The van der Waals surface area contributed by atoms with E-state index in [9.17, 15) is 20.4 Å². The molecule has 0 atom stereocenters. The van der Waals surface area contributed by atoms with Crippen molar-refractivity contribution in [3.8, 4) is 23.0 Å². The molecule has 0 aliphatic carbocycles. The SMILES string of the molecule is COc1ccc(C[O-])cc1.COc1ccc(C[O-])cc1.COc1ccc(C[O-])cc1.COc1ccc(C[O-])cc1.[Ti+4]. The van der Waals surface area contributed by atoms with Gasteiger partial charge in [-0.05, 0) is 48.5 Å². The van der Waals surface area contributed by atoms with Crippen LogP contribution in [0.3, 0.4) is 0 Å². The molecule has 0 fully saturated rings. The van der Waals surface area contributed by atoms with Crippen molar-refractivity contribution in [1.82, 2.24) is 0 Å². The molecule has 9 heteroatoms. The number of ether oxygens (including phenoxy) is 4. The van der Waals surface area contributed by atoms with Gasteiger partial charge in [0.25, 0.3) is 0 Å². The Morgan fingerprint density at radius 2 is 0.488 bits per heavy atom. The predicted octanol–water partition coefficient (Wildman–Crippen LogP) is 2.22. The summed E-state index contributed by atoms with van der Waals surface area (Å²) in [4.78, 5) is 0. The van der Waals surface area contributed by atoms with E-state index in [1.54, 1.807) is 126 Å². The molecule has 8 nitrogen and oxygen atoms in total. The van der Waals surface area contributed by atoms with E-state index in [0.29, 0.717) is 0 Å². The number of benzene rings is 4. The number of methoxy groups -OCH3 is 4. The smallest absolute Gasteiger partial charge is 0.851 e. The fraction of sp³-hybridized carbons (Fsp3) is 0.250. The van der Waals surface area contributed by atoms with Gasteiger partial charge in [-0.15, -0.1) is 26.4 Å². The van der Waals surface area contributed by atoms with Gasteiger partial charge in [0, 0.05) is 0 Å². The molecule has 0 aliphatic rings. The standard InChI is InChI=1S/4C8H9O2.Ti/c4*1-10-8-4-2-7(6-9)3-5-8;/h4*2-5H,6H2,1H3;/q4*-1;+4. The Morgan fingerprint density at radius 1 is 0.341 bits per heavy atom. The van der Waals surface area contributed by atoms with Gasteiger partial charge in [-0.25, -0.2) is 0 Å². The second-order valence-electron chi connectivity index (χ2n) is 7.97. The van der Waals surface area contributed by atoms with Gasteiger partial charge in [-0.1, -0.05) is 70.8 Å². The predicted molar refractivity (Wildman–Crippen MR) is 147 cm³/mol. The number of rotatable bonds is 8. The topological polar surface area (TPSA) is 129 Å². The van der Waals surface area contributed by atoms with Crippen LogP contribution < -0.4 is 39.4 Å². The molecule has 0 heterocycles. The van der Waals surface area contributed by atoms with Crippen LogP contribution in [-0.2, 0) is 48.1 Å². The zero-order valence-corrected chi connectivity index (χ0v) is 25.4. The van der Waals surface area contributed by atoms with Crippen LogP contribution in [0, 0.1) is 0 Å². The van der Waals surface area contributed by atoms with Crippen molar-refractivity contribution < 1.29 is 61.1 Å². The number of hydrogen-bond acceptors (Lipinski definition) is 8. The first-order valence-corrected chi connectivity index (χ1v) is 12.3. The average molecular weight is 596 g/mol. The maximum absolute atomic E-state index is 10.3. The van der Waals surface area contributed by atoms with Crippen molar-refractivity contribution >= 4 is 0 Å². The Hall–Kier alpha value is -3.37. The van der Waals surface area contributed by atoms with Crippen molar-refractivity contribution in [2.24, 2.45) is 0 Å². The van der Waals surface area contributed by atoms with E-state index in [4.69, 9.17) is 18.9 Å². The summed E-state index contributed by atoms with van der Waals surface area (Å²) in [6.45, 7) is -0.651. The first-order chi connectivity index (χ1) is 19.5. The molecule has 0 N–H and O–H groups in total. The van der Waals surface area contributed by atoms with Gasteiger partial charge < -0.3 is 39.4 Å². The first kappa shape index (κ1) is 37.6. The Labute approximate surface area is 257 Å². The summed E-state index contributed by atoms with van der Waals surface area (Å²) in [5, 5.41) is 41.2. The van der Waals surface area contributed by atoms with Crippen LogP contribution in [0.1, 0.15) is 22.3 Å². The largest absolute Gasteiger partial charge is 4.00 e. The van der Waals surface area contributed by atoms with Gasteiger partial charge in [-0.2, -0.15) is 0 Å². The molecular formula is C32H36O8Ti. The van der Waals surface area contributed by atoms with Crippen molar-refractivity contribution in [3.63, 3.8) is 0 Å². The third kappa shape index (κ3) is 15.9. The van der Waals surface area contributed by atoms with E-state index < -0.39 is 0 Å². The molecule has 0 saturated carbocycles. The molecule has 0 aliphatic heterocycles. The van der Waals surface area contributed by atoms with Crippen LogP contribution in [0.4, 0.5) is 0 Å². The minimum atomic E-state index is -0.163. The Kier molecular flexibility index (Phi) is 21.4. The van der Waals surface area contributed by atoms with Crippen LogP contribution in [0.15, 0.2) is 97.1 Å². The first-order valence-electron chi connectivity index (χ1n) is 12.3. The van der Waals surface area contributed by atoms with Gasteiger partial charge >= 0.3 is 21.7 Å². The van der Waals surface area contributed by atoms with E-state index in [0.717, 1.165) is 45.3 Å². The van der Waals surface area contributed by atoms with E-state index in [2.05, 4.69) is 0 Å². The Balaban J connectivity index is 0.000000516. The van der Waals surface area contributed by atoms with E-state index in [-0.39, 0.29) is 48.1 Å². The molecule has 0 aromatic heterocycles. The van der Waals surface area contributed by atoms with Gasteiger partial charge in [0.05, 0.1) is 28.4 Å². The van der Waals surface area contributed by atoms with E-state index in [1.165, 1.54) is 0 Å². The number of hydrogen-bond donors (Lipinski definition) is 0. The summed E-state index contributed by atoms with van der Waals surface area (Å²) in [7, 11) is 6.41. The molecule has 4 aromatic rings. The fourth-order valence-corrected chi connectivity index (χ4v) is 2.89. The normalized spacial score (nSPS) is 9.17. The zero-order chi connectivity index (χ0) is 29.6. The van der Waals surface area contributed by atoms with Crippen molar-refractivity contribution in [2.75, 3.05) is 28.4 Å². The molecule has 41 heavy (non-hydrogen) atoms. The third-order valence-electron chi connectivity index (χ3n) is 5.30. The van der Waals surface area contributed by atoms with Gasteiger partial charge in [-0.3, -0.25) is 0 Å². The van der Waals surface area contributed by atoms with E-state index in [1.807, 2.05) is 0 Å². The second kappa shape index (κ2) is 23.3. The molecule has 0 amide bonds. The molecular weight excluding hydrogens is 560 g/mol. The Bertz CT molecular complexity index is 868. The maximum atomic E-state index is 10.3. The summed E-state index contributed by atoms with van der Waals surface area (Å²) in [6, 6.07) is 28.4. The average Bonchev–Trinajstić information content (AvgIpc) is 3.05. The monoisotopic (exact) mass is 596 g/mol. The van der Waals surface area contributed by atoms with Gasteiger partial charge in [0.2, 0.25) is 0 Å². The second-order valence-corrected chi connectivity index (χ2v) is 7.97. The molecule has 0 saturated heterocycles. The summed E-state index contributed by atoms with van der Waals surface area (Å²) in [6.07, 6.45) is 0. The van der Waals surface area contributed by atoms with Gasteiger partial charge in [0.1, 0.15) is 23.0 Å². The van der Waals surface area contributed by atoms with Crippen molar-refractivity contribution in [2.45, 2.75) is 26.4 Å². The van der Waals surface area contributed by atoms with Crippen LogP contribution >= 0.6 is 0 Å². The molecule has 0 bridgehead atoms. The Morgan fingerprint density at radius 3 is 0.585 bits per heavy atom. The van der Waals surface area contributed by atoms with Crippen molar-refractivity contribution in [1.29, 1.82) is 0 Å². The minimum absolute atomic E-state index is 0. The van der Waals surface area contributed by atoms with Crippen molar-refractivity contribution in [3.05, 3.63) is 119 Å². The zero-order valence-electron chi connectivity index (χ0n) is 23.8. The van der Waals surface area contributed by atoms with Gasteiger partial charge in [0.15, 0.2) is 0 Å². The summed E-state index contributed by atoms with van der Waals surface area (Å²) in [5.41, 5.74) is 3.17.